The maximum Gasteiger partial charge on any atom is 0.225 e. The summed E-state index contributed by atoms with van der Waals surface area (Å²) >= 11 is 1.57. The van der Waals surface area contributed by atoms with Gasteiger partial charge in [-0.1, -0.05) is 48.0 Å². The van der Waals surface area contributed by atoms with Crippen molar-refractivity contribution in [1.29, 1.82) is 0 Å². The number of aryl methyl sites for hydroxylation is 2. The van der Waals surface area contributed by atoms with E-state index in [1.54, 1.807) is 18.4 Å². The average molecular weight is 366 g/mol. The van der Waals surface area contributed by atoms with Gasteiger partial charge >= 0.3 is 0 Å². The van der Waals surface area contributed by atoms with Gasteiger partial charge in [-0.3, -0.25) is 4.79 Å². The van der Waals surface area contributed by atoms with Gasteiger partial charge in [0.05, 0.1) is 24.2 Å². The Morgan fingerprint density at radius 1 is 1.12 bits per heavy atom. The molecule has 1 N–H and O–H groups in total. The van der Waals surface area contributed by atoms with Gasteiger partial charge in [0.15, 0.2) is 0 Å². The van der Waals surface area contributed by atoms with Crippen molar-refractivity contribution in [3.8, 4) is 17.0 Å². The molecule has 4 nitrogen and oxygen atoms in total. The molecule has 0 aliphatic carbocycles. The Bertz CT molecular complexity index is 901. The molecular weight excluding hydrogens is 344 g/mol. The number of nitrogens with one attached hydrogen (secondary N) is 1. The maximum atomic E-state index is 12.5. The molecule has 0 fully saturated rings. The minimum atomic E-state index is -0.0204. The van der Waals surface area contributed by atoms with Crippen LogP contribution < -0.4 is 10.1 Å². The van der Waals surface area contributed by atoms with E-state index in [0.29, 0.717) is 13.0 Å². The van der Waals surface area contributed by atoms with Gasteiger partial charge in [-0.05, 0) is 19.9 Å². The fourth-order valence-corrected chi connectivity index (χ4v) is 3.73. The average Bonchev–Trinajstić information content (AvgIpc) is 3.01. The summed E-state index contributed by atoms with van der Waals surface area (Å²) in [4.78, 5) is 18.1. The lowest BCUT2D eigenvalue weighted by Gasteiger charge is -2.09. The third-order valence-electron chi connectivity index (χ3n) is 4.12. The van der Waals surface area contributed by atoms with Crippen molar-refractivity contribution in [1.82, 2.24) is 10.3 Å². The molecule has 1 aromatic heterocycles. The molecule has 134 valence electrons. The second-order valence-corrected chi connectivity index (χ2v) is 7.42. The van der Waals surface area contributed by atoms with Crippen LogP contribution >= 0.6 is 11.3 Å². The van der Waals surface area contributed by atoms with E-state index in [1.807, 2.05) is 31.2 Å². The first-order valence-corrected chi connectivity index (χ1v) is 9.30. The van der Waals surface area contributed by atoms with E-state index < -0.39 is 0 Å². The van der Waals surface area contributed by atoms with E-state index in [0.717, 1.165) is 32.5 Å². The lowest BCUT2D eigenvalue weighted by molar-refractivity contribution is -0.120. The van der Waals surface area contributed by atoms with Crippen LogP contribution in [0.3, 0.4) is 0 Å². The van der Waals surface area contributed by atoms with Gasteiger partial charge in [-0.15, -0.1) is 11.3 Å². The van der Waals surface area contributed by atoms with Crippen molar-refractivity contribution < 1.29 is 9.53 Å². The number of para-hydroxylation sites is 1. The highest BCUT2D eigenvalue weighted by Crippen LogP contribution is 2.28. The lowest BCUT2D eigenvalue weighted by atomic mass is 10.1. The molecule has 5 heteroatoms. The number of methoxy groups -OCH3 is 1. The Balaban J connectivity index is 1.71. The highest BCUT2D eigenvalue weighted by molar-refractivity contribution is 7.12. The summed E-state index contributed by atoms with van der Waals surface area (Å²) in [6, 6.07) is 15.9. The first-order chi connectivity index (χ1) is 12.6. The Morgan fingerprint density at radius 2 is 1.85 bits per heavy atom. The first kappa shape index (κ1) is 18.1. The molecule has 0 unspecified atom stereocenters. The highest BCUT2D eigenvalue weighted by atomic mass is 32.1. The van der Waals surface area contributed by atoms with Crippen molar-refractivity contribution >= 4 is 17.2 Å². The Hall–Kier alpha value is -2.66. The summed E-state index contributed by atoms with van der Waals surface area (Å²) in [5.74, 6) is 0.759. The van der Waals surface area contributed by atoms with Crippen LogP contribution in [0.25, 0.3) is 11.3 Å². The van der Waals surface area contributed by atoms with E-state index in [1.165, 1.54) is 5.56 Å². The number of rotatable bonds is 6. The summed E-state index contributed by atoms with van der Waals surface area (Å²) in [5.41, 5.74) is 4.12. The fourth-order valence-electron chi connectivity index (χ4n) is 2.78. The van der Waals surface area contributed by atoms with Crippen LogP contribution in [0.1, 0.15) is 21.0 Å². The molecule has 0 aliphatic rings. The van der Waals surface area contributed by atoms with Crippen molar-refractivity contribution in [3.63, 3.8) is 0 Å². The molecule has 0 saturated carbocycles. The third kappa shape index (κ3) is 4.29. The molecule has 0 atom stereocenters. The third-order valence-corrected chi connectivity index (χ3v) is 5.09. The normalized spacial score (nSPS) is 10.6. The number of benzene rings is 2. The standard InChI is InChI=1S/C21H22N2O2S/c1-14-8-10-16(11-9-14)21-19(26-15(2)23-21)12-20(24)22-13-17-6-4-5-7-18(17)25-3/h4-11H,12-13H2,1-3H3,(H,22,24). The Kier molecular flexibility index (Phi) is 5.68. The number of thiazole rings is 1. The Morgan fingerprint density at radius 3 is 2.58 bits per heavy atom. The van der Waals surface area contributed by atoms with Gasteiger partial charge in [0.2, 0.25) is 5.91 Å². The number of ether oxygens (including phenoxy) is 1. The summed E-state index contributed by atoms with van der Waals surface area (Å²) in [6.07, 6.45) is 0.323. The van der Waals surface area contributed by atoms with Crippen LogP contribution in [0.4, 0.5) is 0 Å². The molecule has 0 radical (unpaired) electrons. The lowest BCUT2D eigenvalue weighted by Crippen LogP contribution is -2.24. The second kappa shape index (κ2) is 8.15. The molecule has 2 aromatic carbocycles. The number of carbonyl (C=O) groups excluding carboxylic acids is 1. The van der Waals surface area contributed by atoms with Crippen LogP contribution in [0, 0.1) is 13.8 Å². The smallest absolute Gasteiger partial charge is 0.225 e. The quantitative estimate of drug-likeness (QED) is 0.708. The minimum absolute atomic E-state index is 0.0204. The van der Waals surface area contributed by atoms with Crippen LogP contribution in [0.5, 0.6) is 5.75 Å². The molecule has 3 rings (SSSR count). The van der Waals surface area contributed by atoms with Crippen molar-refractivity contribution in [2.24, 2.45) is 0 Å². The predicted molar refractivity (Wildman–Crippen MR) is 106 cm³/mol. The van der Waals surface area contributed by atoms with Gasteiger partial charge < -0.3 is 10.1 Å². The molecule has 26 heavy (non-hydrogen) atoms. The number of hydrogen-bond acceptors (Lipinski definition) is 4. The van der Waals surface area contributed by atoms with E-state index in [-0.39, 0.29) is 5.91 Å². The minimum Gasteiger partial charge on any atom is -0.496 e. The molecule has 0 bridgehead atoms. The largest absolute Gasteiger partial charge is 0.496 e. The van der Waals surface area contributed by atoms with Crippen LogP contribution in [-0.4, -0.2) is 18.0 Å². The maximum absolute atomic E-state index is 12.5. The molecule has 1 heterocycles. The first-order valence-electron chi connectivity index (χ1n) is 8.48. The van der Waals surface area contributed by atoms with E-state index in [4.69, 9.17) is 4.74 Å². The van der Waals surface area contributed by atoms with Gasteiger partial charge in [-0.25, -0.2) is 4.98 Å². The van der Waals surface area contributed by atoms with Gasteiger partial charge in [0, 0.05) is 22.5 Å². The van der Waals surface area contributed by atoms with Crippen molar-refractivity contribution in [3.05, 3.63) is 69.5 Å². The topological polar surface area (TPSA) is 51.2 Å². The van der Waals surface area contributed by atoms with Crippen LogP contribution in [0.15, 0.2) is 48.5 Å². The summed E-state index contributed by atoms with van der Waals surface area (Å²) in [7, 11) is 1.63. The molecular formula is C21H22N2O2S. The zero-order chi connectivity index (χ0) is 18.5. The highest BCUT2D eigenvalue weighted by Gasteiger charge is 2.15. The SMILES string of the molecule is COc1ccccc1CNC(=O)Cc1sc(C)nc1-c1ccc(C)cc1. The van der Waals surface area contributed by atoms with Gasteiger partial charge in [0.1, 0.15) is 5.75 Å². The van der Waals surface area contributed by atoms with Gasteiger partial charge in [-0.2, -0.15) is 0 Å². The van der Waals surface area contributed by atoms with E-state index >= 15 is 0 Å². The van der Waals surface area contributed by atoms with Crippen LogP contribution in [0.2, 0.25) is 0 Å². The predicted octanol–water partition coefficient (Wildman–Crippen LogP) is 4.29. The molecule has 0 saturated heterocycles. The van der Waals surface area contributed by atoms with Crippen molar-refractivity contribution in [2.45, 2.75) is 26.8 Å². The fraction of sp³-hybridized carbons (Fsp3) is 0.238. The molecule has 0 aliphatic heterocycles. The zero-order valence-electron chi connectivity index (χ0n) is 15.2. The number of nitrogens with zero attached hydrogens (tertiary/aromatic N) is 1. The summed E-state index contributed by atoms with van der Waals surface area (Å²) in [6.45, 7) is 4.47. The summed E-state index contributed by atoms with van der Waals surface area (Å²) in [5, 5.41) is 3.95. The van der Waals surface area contributed by atoms with E-state index in [9.17, 15) is 4.79 Å². The number of hydrogen-bond donors (Lipinski definition) is 1. The van der Waals surface area contributed by atoms with Gasteiger partial charge in [0.25, 0.3) is 0 Å². The molecule has 1 amide bonds. The number of carbonyl (C=O) groups is 1. The monoisotopic (exact) mass is 366 g/mol. The Labute approximate surface area is 157 Å². The number of amides is 1. The van der Waals surface area contributed by atoms with Crippen LogP contribution in [-0.2, 0) is 17.8 Å². The second-order valence-electron chi connectivity index (χ2n) is 6.14. The van der Waals surface area contributed by atoms with E-state index in [2.05, 4.69) is 41.5 Å². The molecule has 3 aromatic rings. The summed E-state index contributed by atoms with van der Waals surface area (Å²) < 4.78 is 5.33. The number of aromatic nitrogens is 1. The van der Waals surface area contributed by atoms with Crippen molar-refractivity contribution in [2.75, 3.05) is 7.11 Å². The zero-order valence-corrected chi connectivity index (χ0v) is 16.0. The molecule has 0 spiro atoms.